The minimum absolute atomic E-state index is 0.0413. The van der Waals surface area contributed by atoms with Crippen molar-refractivity contribution in [1.82, 2.24) is 19.9 Å². The first-order valence-corrected chi connectivity index (χ1v) is 26.4. The third-order valence-electron chi connectivity index (χ3n) is 14.7. The molecule has 8 aromatic rings. The molecule has 0 spiro atoms. The number of H-pyrrole nitrogens is 2. The van der Waals surface area contributed by atoms with E-state index in [1.807, 2.05) is 0 Å². The van der Waals surface area contributed by atoms with Gasteiger partial charge in [-0.1, -0.05) is 196 Å². The molecule has 0 amide bonds. The largest absolute Gasteiger partial charge is 0.489 e. The number of nitrogens with one attached hydrogen (secondary N) is 2. The molecule has 4 aromatic heterocycles. The van der Waals surface area contributed by atoms with Crippen LogP contribution in [0.4, 0.5) is 0 Å². The second-order valence-corrected chi connectivity index (χ2v) is 19.5. The molecule has 9 rings (SSSR count). The summed E-state index contributed by atoms with van der Waals surface area (Å²) >= 11 is 0. The van der Waals surface area contributed by atoms with Crippen LogP contribution in [-0.2, 0) is 0 Å². The van der Waals surface area contributed by atoms with Crippen LogP contribution in [0, 0.1) is 13.8 Å². The number of aryl methyl sites for hydroxylation is 2. The second-order valence-electron chi connectivity index (χ2n) is 19.5. The fourth-order valence-corrected chi connectivity index (χ4v) is 10.9. The molecule has 350 valence electrons. The number of unbranched alkanes of at least 4 members (excludes halogenated alkanes) is 18. The molecule has 0 saturated carbocycles. The maximum Gasteiger partial charge on any atom is 0.171 e. The summed E-state index contributed by atoms with van der Waals surface area (Å²) in [6.07, 6.45) is 25.7. The van der Waals surface area contributed by atoms with Gasteiger partial charge < -0.3 is 19.4 Å². The molecular weight excluding hydrogens is 821 g/mol. The molecule has 2 N–H and O–H groups in total. The van der Waals surface area contributed by atoms with Crippen molar-refractivity contribution in [2.45, 2.75) is 162 Å². The summed E-state index contributed by atoms with van der Waals surface area (Å²) in [4.78, 5) is 19.2. The Bertz CT molecular complexity index is 2710. The van der Waals surface area contributed by atoms with Gasteiger partial charge in [0.05, 0.1) is 41.6 Å². The Morgan fingerprint density at radius 2 is 0.821 bits per heavy atom. The van der Waals surface area contributed by atoms with Gasteiger partial charge in [-0.3, -0.25) is 0 Å². The van der Waals surface area contributed by atoms with Gasteiger partial charge >= 0.3 is 0 Å². The van der Waals surface area contributed by atoms with Crippen molar-refractivity contribution in [3.05, 3.63) is 119 Å². The van der Waals surface area contributed by atoms with E-state index in [-0.39, 0.29) is 5.92 Å². The molecule has 0 atom stereocenters. The zero-order valence-corrected chi connectivity index (χ0v) is 41.0. The van der Waals surface area contributed by atoms with Crippen LogP contribution in [0.15, 0.2) is 91.0 Å². The molecular formula is C61H74N4O2. The van der Waals surface area contributed by atoms with Crippen molar-refractivity contribution in [3.8, 4) is 34.0 Å². The zero-order chi connectivity index (χ0) is 46.0. The molecule has 0 radical (unpaired) electrons. The molecule has 6 nitrogen and oxygen atoms in total. The highest BCUT2D eigenvalue weighted by atomic mass is 16.5. The number of aromatic nitrogens is 4. The number of rotatable bonds is 25. The standard InChI is InChI=1S/C61H74N4O2/c1-5-7-9-11-13-15-17-19-21-26-40-66-60-49-36-38-51-47-34-28-32-45-42(3)54(64-56(45)47)53(44-30-24-23-25-31-44)55-43(4)46-33-29-35-48(57(46)65-55)52-39-37-50(59(63-52)58(49)62-51)61(60)67-41-27-22-20-18-16-14-12-10-8-6-2/h23-25,28-39,53,64-65H,5-22,26-27,40-41H2,1-4H3. The van der Waals surface area contributed by atoms with E-state index in [0.29, 0.717) is 13.2 Å². The van der Waals surface area contributed by atoms with Gasteiger partial charge in [-0.2, -0.15) is 0 Å². The predicted molar refractivity (Wildman–Crippen MR) is 283 cm³/mol. The van der Waals surface area contributed by atoms with Crippen molar-refractivity contribution in [2.24, 2.45) is 0 Å². The first kappa shape index (κ1) is 46.5. The highest BCUT2D eigenvalue weighted by molar-refractivity contribution is 6.12. The van der Waals surface area contributed by atoms with E-state index in [2.05, 4.69) is 129 Å². The Morgan fingerprint density at radius 1 is 0.418 bits per heavy atom. The minimum atomic E-state index is -0.0413. The first-order valence-electron chi connectivity index (χ1n) is 26.4. The third-order valence-corrected chi connectivity index (χ3v) is 14.7. The molecule has 1 aliphatic heterocycles. The van der Waals surface area contributed by atoms with Crippen LogP contribution >= 0.6 is 0 Å². The van der Waals surface area contributed by atoms with Crippen molar-refractivity contribution < 1.29 is 9.47 Å². The van der Waals surface area contributed by atoms with Gasteiger partial charge in [0.2, 0.25) is 0 Å². The van der Waals surface area contributed by atoms with Crippen molar-refractivity contribution in [1.29, 1.82) is 0 Å². The maximum absolute atomic E-state index is 6.95. The summed E-state index contributed by atoms with van der Waals surface area (Å²) < 4.78 is 13.9. The number of hydrogen-bond donors (Lipinski definition) is 2. The van der Waals surface area contributed by atoms with Crippen LogP contribution in [0.1, 0.15) is 176 Å². The van der Waals surface area contributed by atoms with Crippen molar-refractivity contribution in [2.75, 3.05) is 13.2 Å². The van der Waals surface area contributed by atoms with E-state index in [4.69, 9.17) is 19.4 Å². The highest BCUT2D eigenvalue weighted by Gasteiger charge is 2.29. The van der Waals surface area contributed by atoms with E-state index in [1.165, 1.54) is 154 Å². The summed E-state index contributed by atoms with van der Waals surface area (Å²) in [6.45, 7) is 10.4. The lowest BCUT2D eigenvalue weighted by Gasteiger charge is -2.19. The Balaban J connectivity index is 1.11. The molecule has 4 aromatic carbocycles. The Morgan fingerprint density at radius 3 is 1.24 bits per heavy atom. The van der Waals surface area contributed by atoms with Crippen LogP contribution in [0.2, 0.25) is 0 Å². The lowest BCUT2D eigenvalue weighted by molar-refractivity contribution is 0.263. The maximum atomic E-state index is 6.95. The molecule has 5 heterocycles. The van der Waals surface area contributed by atoms with Gasteiger partial charge in [0.1, 0.15) is 11.0 Å². The minimum Gasteiger partial charge on any atom is -0.489 e. The number of fused-ring (bicyclic) bond motifs is 6. The number of para-hydroxylation sites is 2. The number of nitrogens with zero attached hydrogens (tertiary/aromatic N) is 2. The summed E-state index contributed by atoms with van der Waals surface area (Å²) in [6, 6.07) is 33.0. The Kier molecular flexibility index (Phi) is 15.6. The van der Waals surface area contributed by atoms with Gasteiger partial charge in [0.25, 0.3) is 0 Å². The van der Waals surface area contributed by atoms with Crippen LogP contribution in [0.5, 0.6) is 11.5 Å². The summed E-state index contributed by atoms with van der Waals surface area (Å²) in [7, 11) is 0. The van der Waals surface area contributed by atoms with E-state index in [9.17, 15) is 0 Å². The van der Waals surface area contributed by atoms with Crippen molar-refractivity contribution in [3.63, 3.8) is 0 Å². The Labute approximate surface area is 399 Å². The lowest BCUT2D eigenvalue weighted by atomic mass is 9.88. The van der Waals surface area contributed by atoms with Gasteiger partial charge in [-0.05, 0) is 67.6 Å². The quantitative estimate of drug-likeness (QED) is 0.0443. The topological polar surface area (TPSA) is 75.8 Å². The van der Waals surface area contributed by atoms with Crippen LogP contribution in [0.25, 0.3) is 66.1 Å². The van der Waals surface area contributed by atoms with E-state index in [0.717, 1.165) is 79.7 Å². The number of pyridine rings is 2. The van der Waals surface area contributed by atoms with E-state index in [1.54, 1.807) is 0 Å². The van der Waals surface area contributed by atoms with Gasteiger partial charge in [-0.15, -0.1) is 0 Å². The van der Waals surface area contributed by atoms with Crippen LogP contribution < -0.4 is 9.47 Å². The predicted octanol–water partition coefficient (Wildman–Crippen LogP) is 17.8. The molecule has 8 bridgehead atoms. The number of aromatic amines is 2. The van der Waals surface area contributed by atoms with Crippen LogP contribution in [-0.4, -0.2) is 33.1 Å². The molecule has 0 unspecified atom stereocenters. The number of hydrogen-bond acceptors (Lipinski definition) is 4. The molecule has 6 heteroatoms. The van der Waals surface area contributed by atoms with Crippen molar-refractivity contribution >= 4 is 43.6 Å². The summed E-state index contributed by atoms with van der Waals surface area (Å²) in [5.41, 5.74) is 13.9. The average Bonchev–Trinajstić information content (AvgIpc) is 3.87. The molecule has 1 aliphatic rings. The normalized spacial score (nSPS) is 12.5. The van der Waals surface area contributed by atoms with E-state index < -0.39 is 0 Å². The number of benzene rings is 4. The SMILES string of the molecule is CCCCCCCCCCCCOc1c(OCCCCCCCCCCCC)c2ccc3nc2c2nc(ccc12)-c1cccc2c(C)c([nH]c12)C(c1ccccc1)c1[nH]c2c-3cccc2c1C. The molecule has 0 aliphatic carbocycles. The first-order chi connectivity index (χ1) is 33.1. The fraction of sp³-hybridized carbons (Fsp3) is 0.443. The average molecular weight is 895 g/mol. The fourth-order valence-electron chi connectivity index (χ4n) is 10.9. The van der Waals surface area contributed by atoms with Gasteiger partial charge in [-0.25, -0.2) is 9.97 Å². The zero-order valence-electron chi connectivity index (χ0n) is 41.0. The number of ether oxygens (including phenoxy) is 2. The highest BCUT2D eigenvalue weighted by Crippen LogP contribution is 2.47. The Hall–Kier alpha value is -5.62. The van der Waals surface area contributed by atoms with Crippen LogP contribution in [0.3, 0.4) is 0 Å². The monoisotopic (exact) mass is 895 g/mol. The molecule has 0 saturated heterocycles. The smallest absolute Gasteiger partial charge is 0.171 e. The molecule has 67 heavy (non-hydrogen) atoms. The van der Waals surface area contributed by atoms with E-state index >= 15 is 0 Å². The summed E-state index contributed by atoms with van der Waals surface area (Å²) in [5.74, 6) is 1.55. The molecule has 0 fully saturated rings. The van der Waals surface area contributed by atoms with Gasteiger partial charge in [0.15, 0.2) is 11.5 Å². The second kappa shape index (κ2) is 22.5. The summed E-state index contributed by atoms with van der Waals surface area (Å²) in [5, 5.41) is 4.31. The third kappa shape index (κ3) is 10.2. The lowest BCUT2D eigenvalue weighted by Crippen LogP contribution is -2.07. The van der Waals surface area contributed by atoms with Gasteiger partial charge in [0, 0.05) is 44.1 Å².